The summed E-state index contributed by atoms with van der Waals surface area (Å²) in [5, 5.41) is 6.36. The third kappa shape index (κ3) is 6.74. The molecule has 0 spiro atoms. The molecule has 2 N–H and O–H groups in total. The Bertz CT molecular complexity index is 445. The van der Waals surface area contributed by atoms with Gasteiger partial charge in [-0.2, -0.15) is 0 Å². The van der Waals surface area contributed by atoms with Gasteiger partial charge in [-0.15, -0.1) is 0 Å². The Labute approximate surface area is 128 Å². The largest absolute Gasteiger partial charge is 0.326 e. The van der Waals surface area contributed by atoms with Gasteiger partial charge in [-0.1, -0.05) is 12.1 Å². The molecule has 1 rings (SSSR count). The lowest BCUT2D eigenvalue weighted by molar-refractivity contribution is -0.114. The minimum atomic E-state index is -0.0375. The van der Waals surface area contributed by atoms with Crippen molar-refractivity contribution in [1.82, 2.24) is 10.2 Å². The van der Waals surface area contributed by atoms with E-state index in [1.807, 2.05) is 18.2 Å². The van der Waals surface area contributed by atoms with Gasteiger partial charge in [0, 0.05) is 24.7 Å². The second-order valence-corrected chi connectivity index (χ2v) is 5.91. The number of nitrogens with zero attached hydrogens (tertiary/aromatic N) is 1. The SMILES string of the molecule is CC(=O)Nc1cccc(C(C)NCCCN(C)C(C)C)c1. The van der Waals surface area contributed by atoms with E-state index in [0.29, 0.717) is 6.04 Å². The molecular weight excluding hydrogens is 262 g/mol. The van der Waals surface area contributed by atoms with Crippen molar-refractivity contribution in [3.63, 3.8) is 0 Å². The van der Waals surface area contributed by atoms with Gasteiger partial charge >= 0.3 is 0 Å². The van der Waals surface area contributed by atoms with E-state index in [1.54, 1.807) is 0 Å². The number of carbonyl (C=O) groups excluding carboxylic acids is 1. The molecule has 1 aromatic rings. The predicted molar refractivity (Wildman–Crippen MR) is 89.5 cm³/mol. The number of hydrogen-bond donors (Lipinski definition) is 2. The van der Waals surface area contributed by atoms with E-state index in [0.717, 1.165) is 25.2 Å². The first-order chi connectivity index (χ1) is 9.90. The number of anilines is 1. The first-order valence-electron chi connectivity index (χ1n) is 7.71. The van der Waals surface area contributed by atoms with Crippen LogP contribution < -0.4 is 10.6 Å². The number of carbonyl (C=O) groups is 1. The van der Waals surface area contributed by atoms with E-state index in [-0.39, 0.29) is 11.9 Å². The molecule has 1 unspecified atom stereocenters. The number of rotatable bonds is 8. The molecule has 4 nitrogen and oxygen atoms in total. The number of hydrogen-bond acceptors (Lipinski definition) is 3. The molecule has 0 aliphatic rings. The van der Waals surface area contributed by atoms with Crippen LogP contribution in [-0.4, -0.2) is 37.0 Å². The highest BCUT2D eigenvalue weighted by atomic mass is 16.1. The van der Waals surface area contributed by atoms with Crippen LogP contribution in [0.1, 0.15) is 45.7 Å². The number of nitrogens with one attached hydrogen (secondary N) is 2. The summed E-state index contributed by atoms with van der Waals surface area (Å²) in [5.74, 6) is -0.0375. The summed E-state index contributed by atoms with van der Waals surface area (Å²) in [4.78, 5) is 13.4. The summed E-state index contributed by atoms with van der Waals surface area (Å²) in [6.07, 6.45) is 1.13. The fraction of sp³-hybridized carbons (Fsp3) is 0.588. The lowest BCUT2D eigenvalue weighted by Crippen LogP contribution is -2.30. The molecule has 21 heavy (non-hydrogen) atoms. The Morgan fingerprint density at radius 3 is 2.62 bits per heavy atom. The summed E-state index contributed by atoms with van der Waals surface area (Å²) in [6, 6.07) is 8.88. The van der Waals surface area contributed by atoms with E-state index in [9.17, 15) is 4.79 Å². The molecular formula is C17H29N3O. The van der Waals surface area contributed by atoms with E-state index >= 15 is 0 Å². The first kappa shape index (κ1) is 17.7. The molecule has 0 aromatic heterocycles. The number of amides is 1. The Balaban J connectivity index is 2.41. The summed E-state index contributed by atoms with van der Waals surface area (Å²) >= 11 is 0. The Morgan fingerprint density at radius 1 is 1.29 bits per heavy atom. The normalized spacial score (nSPS) is 12.7. The molecule has 0 aliphatic carbocycles. The Kier molecular flexibility index (Phi) is 7.40. The van der Waals surface area contributed by atoms with Crippen LogP contribution in [-0.2, 0) is 4.79 Å². The van der Waals surface area contributed by atoms with Gasteiger partial charge in [0.1, 0.15) is 0 Å². The van der Waals surface area contributed by atoms with Crippen LogP contribution in [0.25, 0.3) is 0 Å². The zero-order valence-corrected chi connectivity index (χ0v) is 13.9. The molecule has 0 radical (unpaired) electrons. The van der Waals surface area contributed by atoms with Gasteiger partial charge in [0.05, 0.1) is 0 Å². The average molecular weight is 291 g/mol. The molecule has 4 heteroatoms. The van der Waals surface area contributed by atoms with Crippen LogP contribution >= 0.6 is 0 Å². The minimum Gasteiger partial charge on any atom is -0.326 e. The molecule has 0 saturated carbocycles. The van der Waals surface area contributed by atoms with Crippen LogP contribution in [0.3, 0.4) is 0 Å². The Morgan fingerprint density at radius 2 is 2.00 bits per heavy atom. The monoisotopic (exact) mass is 291 g/mol. The summed E-state index contributed by atoms with van der Waals surface area (Å²) in [6.45, 7) is 10.2. The predicted octanol–water partition coefficient (Wildman–Crippen LogP) is 3.03. The van der Waals surface area contributed by atoms with Crippen molar-refractivity contribution in [3.8, 4) is 0 Å². The van der Waals surface area contributed by atoms with Crippen LogP contribution in [0.5, 0.6) is 0 Å². The molecule has 0 fully saturated rings. The van der Waals surface area contributed by atoms with E-state index in [4.69, 9.17) is 0 Å². The van der Waals surface area contributed by atoms with E-state index < -0.39 is 0 Å². The van der Waals surface area contributed by atoms with E-state index in [2.05, 4.69) is 49.4 Å². The highest BCUT2D eigenvalue weighted by molar-refractivity contribution is 5.88. The maximum absolute atomic E-state index is 11.1. The van der Waals surface area contributed by atoms with Gasteiger partial charge in [-0.3, -0.25) is 4.79 Å². The quantitative estimate of drug-likeness (QED) is 0.724. The Hall–Kier alpha value is -1.39. The summed E-state index contributed by atoms with van der Waals surface area (Å²) < 4.78 is 0. The van der Waals surface area contributed by atoms with Crippen molar-refractivity contribution in [3.05, 3.63) is 29.8 Å². The maximum atomic E-state index is 11.1. The van der Waals surface area contributed by atoms with Gasteiger partial charge in [0.25, 0.3) is 0 Å². The van der Waals surface area contributed by atoms with Gasteiger partial charge < -0.3 is 15.5 Å². The second kappa shape index (κ2) is 8.80. The van der Waals surface area contributed by atoms with Gasteiger partial charge in [-0.05, 0) is 65.0 Å². The van der Waals surface area contributed by atoms with Crippen molar-refractivity contribution < 1.29 is 4.79 Å². The fourth-order valence-electron chi connectivity index (χ4n) is 2.11. The second-order valence-electron chi connectivity index (χ2n) is 5.91. The lowest BCUT2D eigenvalue weighted by Gasteiger charge is -2.21. The van der Waals surface area contributed by atoms with Gasteiger partial charge in [-0.25, -0.2) is 0 Å². The van der Waals surface area contributed by atoms with Crippen LogP contribution in [0.15, 0.2) is 24.3 Å². The molecule has 0 heterocycles. The van der Waals surface area contributed by atoms with Crippen molar-refractivity contribution >= 4 is 11.6 Å². The van der Waals surface area contributed by atoms with Crippen molar-refractivity contribution in [2.45, 2.75) is 46.2 Å². The highest BCUT2D eigenvalue weighted by Crippen LogP contribution is 2.17. The third-order valence-electron chi connectivity index (χ3n) is 3.73. The molecule has 0 bridgehead atoms. The van der Waals surface area contributed by atoms with Crippen LogP contribution in [0.4, 0.5) is 5.69 Å². The third-order valence-corrected chi connectivity index (χ3v) is 3.73. The van der Waals surface area contributed by atoms with Crippen LogP contribution in [0, 0.1) is 0 Å². The maximum Gasteiger partial charge on any atom is 0.221 e. The molecule has 0 aliphatic heterocycles. The standard InChI is InChI=1S/C17H29N3O/c1-13(2)20(5)11-7-10-18-14(3)16-8-6-9-17(12-16)19-15(4)21/h6,8-9,12-14,18H,7,10-11H2,1-5H3,(H,19,21). The minimum absolute atomic E-state index is 0.0375. The molecule has 1 amide bonds. The fourth-order valence-corrected chi connectivity index (χ4v) is 2.11. The smallest absolute Gasteiger partial charge is 0.221 e. The molecule has 118 valence electrons. The van der Waals surface area contributed by atoms with Gasteiger partial charge in [0.15, 0.2) is 0 Å². The van der Waals surface area contributed by atoms with Gasteiger partial charge in [0.2, 0.25) is 5.91 Å². The van der Waals surface area contributed by atoms with E-state index in [1.165, 1.54) is 12.5 Å². The topological polar surface area (TPSA) is 44.4 Å². The first-order valence-corrected chi connectivity index (χ1v) is 7.71. The summed E-state index contributed by atoms with van der Waals surface area (Å²) in [5.41, 5.74) is 2.05. The molecule has 1 atom stereocenters. The van der Waals surface area contributed by atoms with Crippen molar-refractivity contribution in [2.75, 3.05) is 25.5 Å². The number of benzene rings is 1. The van der Waals surface area contributed by atoms with Crippen molar-refractivity contribution in [2.24, 2.45) is 0 Å². The lowest BCUT2D eigenvalue weighted by atomic mass is 10.1. The highest BCUT2D eigenvalue weighted by Gasteiger charge is 2.07. The average Bonchev–Trinajstić information content (AvgIpc) is 2.42. The summed E-state index contributed by atoms with van der Waals surface area (Å²) in [7, 11) is 2.16. The zero-order valence-electron chi connectivity index (χ0n) is 13.9. The van der Waals surface area contributed by atoms with Crippen molar-refractivity contribution in [1.29, 1.82) is 0 Å². The van der Waals surface area contributed by atoms with Crippen LogP contribution in [0.2, 0.25) is 0 Å². The molecule has 1 aromatic carbocycles. The zero-order chi connectivity index (χ0) is 15.8. The molecule has 0 saturated heterocycles.